The Bertz CT molecular complexity index is 47.7. The van der Waals surface area contributed by atoms with Crippen molar-refractivity contribution in [2.45, 2.75) is 13.0 Å². The minimum Gasteiger partial charge on any atom is -0.327 e. The van der Waals surface area contributed by atoms with E-state index >= 15 is 0 Å². The summed E-state index contributed by atoms with van der Waals surface area (Å²) in [6.45, 7) is 3.82. The molecule has 1 unspecified atom stereocenters. The first-order valence-corrected chi connectivity index (χ1v) is 3.47. The van der Waals surface area contributed by atoms with Gasteiger partial charge in [-0.3, -0.25) is 0 Å². The second kappa shape index (κ2) is 5.41. The fraction of sp³-hybridized carbons (Fsp3) is 1.00. The topological polar surface area (TPSA) is 38.0 Å². The average Bonchev–Trinajstić information content (AvgIpc) is 1.66. The van der Waals surface area contributed by atoms with Crippen LogP contribution in [0.5, 0.6) is 0 Å². The first kappa shape index (κ1) is 8.27. The molecule has 0 aliphatic rings. The van der Waals surface area contributed by atoms with E-state index in [-0.39, 0.29) is 6.04 Å². The van der Waals surface area contributed by atoms with Crippen LogP contribution < -0.4 is 11.1 Å². The standard InChI is InChI=1S/C5H14N2S/c1-5(6)4-7-2-3-8/h5,7-8H,2-4,6H2,1H3. The molecular formula is C5H14N2S. The zero-order chi connectivity index (χ0) is 6.41. The Kier molecular flexibility index (Phi) is 5.59. The summed E-state index contributed by atoms with van der Waals surface area (Å²) in [6, 6.07) is 0.259. The third-order valence-electron chi connectivity index (χ3n) is 0.755. The Hall–Kier alpha value is 0.270. The monoisotopic (exact) mass is 134 g/mol. The molecule has 0 bridgehead atoms. The molecule has 1 atom stereocenters. The van der Waals surface area contributed by atoms with Crippen LogP contribution in [0.25, 0.3) is 0 Å². The van der Waals surface area contributed by atoms with Crippen LogP contribution in [0.15, 0.2) is 0 Å². The lowest BCUT2D eigenvalue weighted by Crippen LogP contribution is -2.31. The highest BCUT2D eigenvalue weighted by Crippen LogP contribution is 1.71. The normalized spacial score (nSPS) is 13.9. The summed E-state index contributed by atoms with van der Waals surface area (Å²) in [5.41, 5.74) is 5.45. The smallest absolute Gasteiger partial charge is 0.0136 e. The van der Waals surface area contributed by atoms with Gasteiger partial charge in [-0.25, -0.2) is 0 Å². The van der Waals surface area contributed by atoms with Crippen LogP contribution in [-0.2, 0) is 0 Å². The molecule has 0 spiro atoms. The Morgan fingerprint density at radius 1 is 1.75 bits per heavy atom. The molecule has 3 N–H and O–H groups in total. The largest absolute Gasteiger partial charge is 0.327 e. The SMILES string of the molecule is CC(N)CNCCS. The molecule has 8 heavy (non-hydrogen) atoms. The first-order valence-electron chi connectivity index (χ1n) is 2.84. The summed E-state index contributed by atoms with van der Waals surface area (Å²) in [6.07, 6.45) is 0. The summed E-state index contributed by atoms with van der Waals surface area (Å²) in [4.78, 5) is 0. The maximum atomic E-state index is 5.45. The second-order valence-electron chi connectivity index (χ2n) is 1.91. The fourth-order valence-electron chi connectivity index (χ4n) is 0.409. The van der Waals surface area contributed by atoms with Crippen LogP contribution >= 0.6 is 12.6 Å². The lowest BCUT2D eigenvalue weighted by atomic mass is 10.4. The predicted molar refractivity (Wildman–Crippen MR) is 40.4 cm³/mol. The van der Waals surface area contributed by atoms with E-state index in [0.29, 0.717) is 0 Å². The second-order valence-corrected chi connectivity index (χ2v) is 2.35. The van der Waals surface area contributed by atoms with Gasteiger partial charge in [0.15, 0.2) is 0 Å². The molecule has 0 aromatic rings. The lowest BCUT2D eigenvalue weighted by Gasteiger charge is -2.04. The van der Waals surface area contributed by atoms with Gasteiger partial charge in [0, 0.05) is 24.9 Å². The van der Waals surface area contributed by atoms with E-state index in [2.05, 4.69) is 17.9 Å². The molecule has 0 aliphatic carbocycles. The third kappa shape index (κ3) is 6.27. The van der Waals surface area contributed by atoms with E-state index in [1.54, 1.807) is 0 Å². The van der Waals surface area contributed by atoms with Crippen molar-refractivity contribution in [3.05, 3.63) is 0 Å². The molecule has 50 valence electrons. The fourth-order valence-corrected chi connectivity index (χ4v) is 0.567. The molecule has 0 saturated heterocycles. The highest BCUT2D eigenvalue weighted by molar-refractivity contribution is 7.80. The maximum absolute atomic E-state index is 5.45. The third-order valence-corrected chi connectivity index (χ3v) is 0.978. The minimum atomic E-state index is 0.259. The summed E-state index contributed by atoms with van der Waals surface area (Å²) >= 11 is 4.02. The number of thiol groups is 1. The van der Waals surface area contributed by atoms with Gasteiger partial charge in [-0.15, -0.1) is 0 Å². The highest BCUT2D eigenvalue weighted by Gasteiger charge is 1.88. The van der Waals surface area contributed by atoms with Crippen LogP contribution in [0, 0.1) is 0 Å². The van der Waals surface area contributed by atoms with Crippen LogP contribution in [0.1, 0.15) is 6.92 Å². The molecule has 0 saturated carbocycles. The van der Waals surface area contributed by atoms with Crippen molar-refractivity contribution in [2.75, 3.05) is 18.8 Å². The minimum absolute atomic E-state index is 0.259. The number of rotatable bonds is 4. The van der Waals surface area contributed by atoms with Gasteiger partial charge >= 0.3 is 0 Å². The van der Waals surface area contributed by atoms with Gasteiger partial charge in [0.05, 0.1) is 0 Å². The van der Waals surface area contributed by atoms with Gasteiger partial charge < -0.3 is 11.1 Å². The Labute approximate surface area is 56.2 Å². The number of hydrogen-bond acceptors (Lipinski definition) is 3. The number of hydrogen-bond donors (Lipinski definition) is 3. The average molecular weight is 134 g/mol. The summed E-state index contributed by atoms with van der Waals surface area (Å²) < 4.78 is 0. The maximum Gasteiger partial charge on any atom is 0.0136 e. The van der Waals surface area contributed by atoms with Gasteiger partial charge in [0.25, 0.3) is 0 Å². The van der Waals surface area contributed by atoms with Crippen molar-refractivity contribution in [2.24, 2.45) is 5.73 Å². The molecule has 0 aromatic carbocycles. The van der Waals surface area contributed by atoms with Gasteiger partial charge in [-0.2, -0.15) is 12.6 Å². The van der Waals surface area contributed by atoms with Gasteiger partial charge in [0.1, 0.15) is 0 Å². The van der Waals surface area contributed by atoms with E-state index < -0.39 is 0 Å². The van der Waals surface area contributed by atoms with Crippen LogP contribution in [0.2, 0.25) is 0 Å². The molecule has 3 heteroatoms. The molecule has 0 heterocycles. The summed E-state index contributed by atoms with van der Waals surface area (Å²) in [5, 5.41) is 3.13. The van der Waals surface area contributed by atoms with Gasteiger partial charge in [-0.05, 0) is 6.92 Å². The Morgan fingerprint density at radius 3 is 2.75 bits per heavy atom. The van der Waals surface area contributed by atoms with Gasteiger partial charge in [0.2, 0.25) is 0 Å². The zero-order valence-electron chi connectivity index (χ0n) is 5.22. The van der Waals surface area contributed by atoms with Crippen LogP contribution in [0.4, 0.5) is 0 Å². The van der Waals surface area contributed by atoms with E-state index in [0.717, 1.165) is 18.8 Å². The Balaban J connectivity index is 2.72. The molecule has 0 aliphatic heterocycles. The molecular weight excluding hydrogens is 120 g/mol. The van der Waals surface area contributed by atoms with Crippen molar-refractivity contribution in [1.82, 2.24) is 5.32 Å². The van der Waals surface area contributed by atoms with E-state index in [4.69, 9.17) is 5.73 Å². The van der Waals surface area contributed by atoms with Crippen LogP contribution in [-0.4, -0.2) is 24.9 Å². The summed E-state index contributed by atoms with van der Waals surface area (Å²) in [7, 11) is 0. The molecule has 0 radical (unpaired) electrons. The van der Waals surface area contributed by atoms with Crippen molar-refractivity contribution in [1.29, 1.82) is 0 Å². The molecule has 0 amide bonds. The highest BCUT2D eigenvalue weighted by atomic mass is 32.1. The first-order chi connectivity index (χ1) is 3.77. The van der Waals surface area contributed by atoms with Crippen molar-refractivity contribution in [3.8, 4) is 0 Å². The molecule has 0 rings (SSSR count). The number of nitrogens with one attached hydrogen (secondary N) is 1. The van der Waals surface area contributed by atoms with Crippen molar-refractivity contribution < 1.29 is 0 Å². The Morgan fingerprint density at radius 2 is 2.38 bits per heavy atom. The quantitative estimate of drug-likeness (QED) is 0.369. The summed E-state index contributed by atoms with van der Waals surface area (Å²) in [5.74, 6) is 0.882. The lowest BCUT2D eigenvalue weighted by molar-refractivity contribution is 0.630. The van der Waals surface area contributed by atoms with Crippen molar-refractivity contribution >= 4 is 12.6 Å². The van der Waals surface area contributed by atoms with E-state index in [9.17, 15) is 0 Å². The van der Waals surface area contributed by atoms with Crippen molar-refractivity contribution in [3.63, 3.8) is 0 Å². The number of nitrogens with two attached hydrogens (primary N) is 1. The van der Waals surface area contributed by atoms with Crippen LogP contribution in [0.3, 0.4) is 0 Å². The van der Waals surface area contributed by atoms with Gasteiger partial charge in [-0.1, -0.05) is 0 Å². The molecule has 0 aromatic heterocycles. The van der Waals surface area contributed by atoms with E-state index in [1.165, 1.54) is 0 Å². The molecule has 2 nitrogen and oxygen atoms in total. The predicted octanol–water partition coefficient (Wildman–Crippen LogP) is -0.147. The molecule has 0 fully saturated rings. The van der Waals surface area contributed by atoms with E-state index in [1.807, 2.05) is 6.92 Å². The zero-order valence-corrected chi connectivity index (χ0v) is 6.12.